The fraction of sp³-hybridized carbons (Fsp3) is 0.651. The predicted octanol–water partition coefficient (Wildman–Crippen LogP) is 5.87. The molecule has 14 nitrogen and oxygen atoms in total. The minimum atomic E-state index is -3.90. The minimum Gasteiger partial charge on any atom is -0.497 e. The molecule has 1 aromatic carbocycles. The molecular formula is C43H61N5O9S. The lowest BCUT2D eigenvalue weighted by Gasteiger charge is -2.35. The van der Waals surface area contributed by atoms with Crippen molar-refractivity contribution in [2.45, 2.75) is 153 Å². The lowest BCUT2D eigenvalue weighted by molar-refractivity contribution is -0.143. The van der Waals surface area contributed by atoms with E-state index < -0.39 is 85.9 Å². The summed E-state index contributed by atoms with van der Waals surface area (Å²) in [5.74, 6) is -1.75. The van der Waals surface area contributed by atoms with Gasteiger partial charge in [-0.15, -0.1) is 6.58 Å². The number of amides is 4. The molecule has 3 aliphatic carbocycles. The van der Waals surface area contributed by atoms with Crippen molar-refractivity contribution in [2.75, 3.05) is 13.7 Å². The normalized spacial score (nSPS) is 30.2. The van der Waals surface area contributed by atoms with Gasteiger partial charge < -0.3 is 29.7 Å². The first-order valence-corrected chi connectivity index (χ1v) is 22.2. The van der Waals surface area contributed by atoms with E-state index in [0.29, 0.717) is 31.4 Å². The topological polar surface area (TPSA) is 182 Å². The van der Waals surface area contributed by atoms with Crippen molar-refractivity contribution in [3.05, 3.63) is 42.5 Å². The lowest BCUT2D eigenvalue weighted by atomic mass is 9.85. The number of carbonyl (C=O) groups excluding carboxylic acids is 4. The fourth-order valence-electron chi connectivity index (χ4n) is 8.12. The lowest BCUT2D eigenvalue weighted by Crippen LogP contribution is -2.60. The van der Waals surface area contributed by atoms with E-state index in [0.717, 1.165) is 54.6 Å². The Balaban J connectivity index is 1.33. The van der Waals surface area contributed by atoms with E-state index in [1.54, 1.807) is 7.11 Å². The maximum absolute atomic E-state index is 14.7. The number of nitrogens with zero attached hydrogens (tertiary/aromatic N) is 2. The molecule has 5 fully saturated rings. The van der Waals surface area contributed by atoms with Crippen LogP contribution in [0.2, 0.25) is 0 Å². The summed E-state index contributed by atoms with van der Waals surface area (Å²) in [4.78, 5) is 62.8. The summed E-state index contributed by atoms with van der Waals surface area (Å²) in [6.45, 7) is 15.2. The first-order chi connectivity index (χ1) is 27.3. The van der Waals surface area contributed by atoms with Crippen molar-refractivity contribution in [1.29, 1.82) is 0 Å². The van der Waals surface area contributed by atoms with Gasteiger partial charge in [-0.25, -0.2) is 13.2 Å². The molecule has 1 aromatic rings. The van der Waals surface area contributed by atoms with Crippen LogP contribution < -0.4 is 20.1 Å². The van der Waals surface area contributed by atoms with Crippen molar-refractivity contribution >= 4 is 50.8 Å². The number of allylic oxidation sites excluding steroid dienone is 2. The van der Waals surface area contributed by atoms with Gasteiger partial charge in [0.05, 0.1) is 30.3 Å². The van der Waals surface area contributed by atoms with Crippen molar-refractivity contribution in [3.63, 3.8) is 0 Å². The highest BCUT2D eigenvalue weighted by atomic mass is 32.2. The summed E-state index contributed by atoms with van der Waals surface area (Å²) in [5, 5.41) is 5.05. The van der Waals surface area contributed by atoms with Gasteiger partial charge in [-0.3, -0.25) is 24.1 Å². The monoisotopic (exact) mass is 823 g/mol. The highest BCUT2D eigenvalue weighted by Gasteiger charge is 2.62. The van der Waals surface area contributed by atoms with Crippen molar-refractivity contribution in [2.24, 2.45) is 16.3 Å². The Morgan fingerprint density at radius 1 is 1.12 bits per heavy atom. The minimum absolute atomic E-state index is 0.0212. The van der Waals surface area contributed by atoms with Gasteiger partial charge in [0.1, 0.15) is 29.0 Å². The largest absolute Gasteiger partial charge is 0.497 e. The molecule has 2 saturated heterocycles. The van der Waals surface area contributed by atoms with Crippen LogP contribution in [0.15, 0.2) is 41.9 Å². The molecule has 318 valence electrons. The third-order valence-corrected chi connectivity index (χ3v) is 14.2. The quantitative estimate of drug-likeness (QED) is 0.257. The molecular weight excluding hydrogens is 763 g/mol. The van der Waals surface area contributed by atoms with Crippen LogP contribution >= 0.6 is 0 Å². The van der Waals surface area contributed by atoms with Gasteiger partial charge >= 0.3 is 6.09 Å². The molecule has 6 unspecified atom stereocenters. The van der Waals surface area contributed by atoms with E-state index in [9.17, 15) is 27.6 Å². The predicted molar refractivity (Wildman–Crippen MR) is 221 cm³/mol. The summed E-state index contributed by atoms with van der Waals surface area (Å²) in [7, 11) is -2.27. The van der Waals surface area contributed by atoms with Crippen LogP contribution in [-0.4, -0.2) is 97.2 Å². The summed E-state index contributed by atoms with van der Waals surface area (Å²) < 4.78 is 46.0. The van der Waals surface area contributed by atoms with E-state index in [1.165, 1.54) is 11.0 Å². The molecule has 0 aromatic heterocycles. The average molecular weight is 824 g/mol. The number of hydrogen-bond donors (Lipinski definition) is 3. The summed E-state index contributed by atoms with van der Waals surface area (Å²) in [6.07, 6.45) is 8.29. The number of benzene rings is 1. The number of sulfonamides is 1. The molecule has 5 aliphatic rings. The van der Waals surface area contributed by atoms with Crippen LogP contribution in [0, 0.1) is 11.3 Å². The first-order valence-electron chi connectivity index (χ1n) is 20.7. The number of nitrogens with one attached hydrogen (secondary N) is 3. The molecule has 15 heteroatoms. The molecule has 2 bridgehead atoms. The molecule has 6 atom stereocenters. The number of aliphatic imine (C=N–C) groups is 1. The second-order valence-corrected chi connectivity index (χ2v) is 19.8. The standard InChI is InChI=1S/C43H61N5O9S/c1-9-26(3)32-22-29(55-8)15-18-34(32)44-33-14-12-11-13-19-42(20-21-42)57-40(52)45-36(41(5,6)7)38(50)48-25-30(56-27(33)4)23-35(48)37(49)46-43(24-28(43)10-2)39(51)47-58(53,54)31-16-17-31/h9-10,15,18,22,27-28,30-31,35-36H,2,11-14,16-17,19-21,23-25H2,1,3-8H3,(H,45,52)(H,46,49)(H,47,51)/b26-9-,44-33?. The molecule has 1 spiro atoms. The zero-order valence-corrected chi connectivity index (χ0v) is 35.8. The molecule has 4 amide bonds. The number of carbonyl (C=O) groups is 4. The van der Waals surface area contributed by atoms with Gasteiger partial charge in [0.15, 0.2) is 0 Å². The van der Waals surface area contributed by atoms with E-state index in [1.807, 2.05) is 65.8 Å². The van der Waals surface area contributed by atoms with Crippen LogP contribution in [0.25, 0.3) is 5.57 Å². The van der Waals surface area contributed by atoms with Crippen molar-refractivity contribution in [3.8, 4) is 5.75 Å². The van der Waals surface area contributed by atoms with Crippen molar-refractivity contribution < 1.29 is 41.8 Å². The number of hydrogen-bond acceptors (Lipinski definition) is 10. The summed E-state index contributed by atoms with van der Waals surface area (Å²) in [6, 6.07) is 3.59. The van der Waals surface area contributed by atoms with Crippen LogP contribution in [0.5, 0.6) is 5.75 Å². The van der Waals surface area contributed by atoms with Gasteiger partial charge in [-0.2, -0.15) is 0 Å². The first kappa shape index (κ1) is 43.3. The zero-order valence-electron chi connectivity index (χ0n) is 35.0. The molecule has 3 N–H and O–H groups in total. The average Bonchev–Trinajstić information content (AvgIpc) is 4.10. The second-order valence-electron chi connectivity index (χ2n) is 17.9. The molecule has 2 aliphatic heterocycles. The third kappa shape index (κ3) is 9.62. The molecule has 0 radical (unpaired) electrons. The Kier molecular flexibility index (Phi) is 12.5. The van der Waals surface area contributed by atoms with Gasteiger partial charge in [0.2, 0.25) is 21.8 Å². The van der Waals surface area contributed by atoms with Crippen LogP contribution in [-0.2, 0) is 33.9 Å². The maximum atomic E-state index is 14.7. The summed E-state index contributed by atoms with van der Waals surface area (Å²) in [5.41, 5.74) is 0.641. The Hall–Kier alpha value is -4.24. The SMILES string of the molecule is C=CC1CC1(NC(=O)C1CC2CN1C(=O)C(C(C)(C)C)NC(=O)OC1(CCCCCC(=Nc3ccc(OC)cc3/C(C)=C\C)C(C)O2)CC1)C(=O)NS(=O)(=O)C1CC1. The zero-order chi connectivity index (χ0) is 42.2. The van der Waals surface area contributed by atoms with Crippen LogP contribution in [0.4, 0.5) is 10.5 Å². The molecule has 2 heterocycles. The maximum Gasteiger partial charge on any atom is 0.408 e. The Labute approximate surface area is 343 Å². The van der Waals surface area contributed by atoms with E-state index in [4.69, 9.17) is 19.2 Å². The molecule has 6 rings (SSSR count). The van der Waals surface area contributed by atoms with Gasteiger partial charge in [-0.1, -0.05) is 39.3 Å². The highest BCUT2D eigenvalue weighted by molar-refractivity contribution is 7.91. The Morgan fingerprint density at radius 2 is 1.84 bits per heavy atom. The van der Waals surface area contributed by atoms with Crippen molar-refractivity contribution in [1.82, 2.24) is 20.3 Å². The van der Waals surface area contributed by atoms with Crippen LogP contribution in [0.3, 0.4) is 0 Å². The fourth-order valence-corrected chi connectivity index (χ4v) is 9.49. The second kappa shape index (κ2) is 16.8. The Bertz CT molecular complexity index is 1960. The van der Waals surface area contributed by atoms with E-state index >= 15 is 0 Å². The number of alkyl carbamates (subject to hydrolysis) is 1. The van der Waals surface area contributed by atoms with Gasteiger partial charge in [0.25, 0.3) is 5.91 Å². The third-order valence-electron chi connectivity index (χ3n) is 12.3. The van der Waals surface area contributed by atoms with Gasteiger partial charge in [0, 0.05) is 30.2 Å². The summed E-state index contributed by atoms with van der Waals surface area (Å²) >= 11 is 0. The Morgan fingerprint density at radius 3 is 2.45 bits per heavy atom. The van der Waals surface area contributed by atoms with Crippen LogP contribution in [0.1, 0.15) is 118 Å². The smallest absolute Gasteiger partial charge is 0.408 e. The number of ether oxygens (including phenoxy) is 3. The number of fused-ring (bicyclic) bond motifs is 2. The number of rotatable bonds is 9. The van der Waals surface area contributed by atoms with Gasteiger partial charge in [-0.05, 0) is 108 Å². The highest BCUT2D eigenvalue weighted by Crippen LogP contribution is 2.46. The van der Waals surface area contributed by atoms with E-state index in [-0.39, 0.29) is 19.4 Å². The molecule has 3 saturated carbocycles. The van der Waals surface area contributed by atoms with E-state index in [2.05, 4.69) is 21.9 Å². The molecule has 58 heavy (non-hydrogen) atoms. The number of methoxy groups -OCH3 is 1.